The van der Waals surface area contributed by atoms with Crippen LogP contribution in [0.1, 0.15) is 6.42 Å². The Morgan fingerprint density at radius 2 is 2.08 bits per heavy atom. The zero-order valence-electron chi connectivity index (χ0n) is 6.57. The van der Waals surface area contributed by atoms with Gasteiger partial charge in [0, 0.05) is 0 Å². The monoisotopic (exact) mass is 164 g/mol. The van der Waals surface area contributed by atoms with Crippen LogP contribution >= 0.6 is 0 Å². The summed E-state index contributed by atoms with van der Waals surface area (Å²) in [5.74, 6) is 0.310. The van der Waals surface area contributed by atoms with E-state index in [1.165, 1.54) is 6.61 Å². The van der Waals surface area contributed by atoms with E-state index >= 15 is 0 Å². The highest BCUT2D eigenvalue weighted by molar-refractivity contribution is 5.74. The lowest BCUT2D eigenvalue weighted by atomic mass is 10.3. The van der Waals surface area contributed by atoms with Crippen molar-refractivity contribution in [2.24, 2.45) is 5.73 Å². The molecule has 3 heteroatoms. The van der Waals surface area contributed by atoms with Gasteiger partial charge in [-0.25, -0.2) is 0 Å². The number of amides is 1. The number of carbonyl (C=O) groups is 1. The van der Waals surface area contributed by atoms with Gasteiger partial charge in [-0.05, 0) is 12.1 Å². The summed E-state index contributed by atoms with van der Waals surface area (Å²) < 4.78 is 5.09. The molecule has 0 aliphatic carbocycles. The largest absolute Gasteiger partial charge is 0.486 e. The van der Waals surface area contributed by atoms with E-state index in [2.05, 4.69) is 0 Å². The van der Waals surface area contributed by atoms with E-state index in [9.17, 15) is 4.79 Å². The van der Waals surface area contributed by atoms with Gasteiger partial charge >= 0.3 is 0 Å². The van der Waals surface area contributed by atoms with Crippen LogP contribution in [0.4, 0.5) is 0 Å². The molecule has 0 aliphatic heterocycles. The van der Waals surface area contributed by atoms with Crippen molar-refractivity contribution in [1.29, 1.82) is 0 Å². The van der Waals surface area contributed by atoms with E-state index in [-0.39, 0.29) is 6.42 Å². The van der Waals surface area contributed by atoms with Crippen LogP contribution in [0, 0.1) is 6.61 Å². The van der Waals surface area contributed by atoms with Crippen LogP contribution in [0.25, 0.3) is 0 Å². The number of rotatable bonds is 4. The van der Waals surface area contributed by atoms with E-state index in [0.717, 1.165) is 0 Å². The van der Waals surface area contributed by atoms with E-state index < -0.39 is 5.91 Å². The first-order valence-corrected chi connectivity index (χ1v) is 3.61. The minimum Gasteiger partial charge on any atom is -0.486 e. The molecule has 3 nitrogen and oxygen atoms in total. The Hall–Kier alpha value is -1.51. The van der Waals surface area contributed by atoms with Gasteiger partial charge in [0.25, 0.3) is 0 Å². The lowest BCUT2D eigenvalue weighted by Gasteiger charge is -2.01. The lowest BCUT2D eigenvalue weighted by molar-refractivity contribution is -0.117. The van der Waals surface area contributed by atoms with E-state index in [1.807, 2.05) is 18.2 Å². The minimum atomic E-state index is -0.397. The maximum absolute atomic E-state index is 10.3. The second kappa shape index (κ2) is 4.38. The summed E-state index contributed by atoms with van der Waals surface area (Å²) in [4.78, 5) is 10.3. The van der Waals surface area contributed by atoms with Gasteiger partial charge in [0.1, 0.15) is 12.4 Å². The summed E-state index contributed by atoms with van der Waals surface area (Å²) in [6.45, 7) is 1.39. The van der Waals surface area contributed by atoms with E-state index in [1.54, 1.807) is 12.1 Å². The molecule has 1 amide bonds. The molecule has 1 aromatic rings. The molecule has 0 atom stereocenters. The fourth-order valence-corrected chi connectivity index (χ4v) is 0.719. The van der Waals surface area contributed by atoms with Crippen LogP contribution in [0.2, 0.25) is 0 Å². The van der Waals surface area contributed by atoms with Crippen LogP contribution in [-0.4, -0.2) is 5.91 Å². The average Bonchev–Trinajstić information content (AvgIpc) is 2.05. The smallest absolute Gasteiger partial charge is 0.221 e. The zero-order valence-corrected chi connectivity index (χ0v) is 6.57. The molecule has 0 unspecified atom stereocenters. The average molecular weight is 164 g/mol. The molecular weight excluding hydrogens is 154 g/mol. The van der Waals surface area contributed by atoms with Gasteiger partial charge in [0.2, 0.25) is 5.91 Å². The Kier molecular flexibility index (Phi) is 3.14. The van der Waals surface area contributed by atoms with Crippen molar-refractivity contribution in [3.63, 3.8) is 0 Å². The number of hydrogen-bond acceptors (Lipinski definition) is 2. The molecule has 0 spiro atoms. The Balaban J connectivity index is 2.29. The molecule has 0 bridgehead atoms. The number of nitrogens with two attached hydrogens (primary N) is 1. The highest BCUT2D eigenvalue weighted by Gasteiger charge is 1.95. The maximum Gasteiger partial charge on any atom is 0.221 e. The third-order valence-electron chi connectivity index (χ3n) is 1.25. The summed E-state index contributed by atoms with van der Waals surface area (Å²) in [6.07, 6.45) is 0.134. The van der Waals surface area contributed by atoms with Crippen LogP contribution < -0.4 is 10.5 Å². The number of para-hydroxylation sites is 1. The van der Waals surface area contributed by atoms with Crippen LogP contribution in [0.15, 0.2) is 30.3 Å². The van der Waals surface area contributed by atoms with Crippen molar-refractivity contribution in [1.82, 2.24) is 0 Å². The third kappa shape index (κ3) is 3.05. The molecule has 0 saturated heterocycles. The lowest BCUT2D eigenvalue weighted by Crippen LogP contribution is -2.11. The Bertz CT molecular complexity index is 246. The fourth-order valence-electron chi connectivity index (χ4n) is 0.719. The number of hydrogen-bond donors (Lipinski definition) is 1. The zero-order chi connectivity index (χ0) is 8.81. The molecule has 0 aliphatic rings. The minimum absolute atomic E-state index is 0.134. The first-order valence-electron chi connectivity index (χ1n) is 3.61. The normalized spacial score (nSPS) is 9.33. The molecular formula is C9H10NO2. The van der Waals surface area contributed by atoms with Crippen LogP contribution in [-0.2, 0) is 4.79 Å². The van der Waals surface area contributed by atoms with Gasteiger partial charge in [-0.2, -0.15) is 0 Å². The quantitative estimate of drug-likeness (QED) is 0.724. The predicted octanol–water partition coefficient (Wildman–Crippen LogP) is 1.10. The van der Waals surface area contributed by atoms with Crippen molar-refractivity contribution in [3.05, 3.63) is 36.9 Å². The molecule has 63 valence electrons. The highest BCUT2D eigenvalue weighted by Crippen LogP contribution is 2.09. The summed E-state index contributed by atoms with van der Waals surface area (Å²) in [6, 6.07) is 9.21. The van der Waals surface area contributed by atoms with Gasteiger partial charge in [0.05, 0.1) is 6.42 Å². The van der Waals surface area contributed by atoms with Crippen molar-refractivity contribution < 1.29 is 9.53 Å². The molecule has 0 heterocycles. The highest BCUT2D eigenvalue weighted by atomic mass is 16.5. The number of ether oxygens (including phenoxy) is 1. The molecule has 1 aromatic carbocycles. The summed E-state index contributed by atoms with van der Waals surface area (Å²) in [5, 5.41) is 0. The molecule has 0 aromatic heterocycles. The van der Waals surface area contributed by atoms with Crippen LogP contribution in [0.5, 0.6) is 5.75 Å². The van der Waals surface area contributed by atoms with E-state index in [0.29, 0.717) is 5.75 Å². The van der Waals surface area contributed by atoms with Gasteiger partial charge in [-0.3, -0.25) is 4.79 Å². The molecule has 12 heavy (non-hydrogen) atoms. The van der Waals surface area contributed by atoms with Crippen molar-refractivity contribution in [2.45, 2.75) is 6.42 Å². The van der Waals surface area contributed by atoms with Crippen molar-refractivity contribution in [2.75, 3.05) is 0 Å². The molecule has 1 rings (SSSR count). The van der Waals surface area contributed by atoms with Gasteiger partial charge < -0.3 is 10.5 Å². The van der Waals surface area contributed by atoms with Gasteiger partial charge in [-0.1, -0.05) is 18.2 Å². The number of primary amides is 1. The van der Waals surface area contributed by atoms with Gasteiger partial charge in [-0.15, -0.1) is 0 Å². The molecule has 1 radical (unpaired) electrons. The SMILES string of the molecule is NC(=O)C[CH]Oc1ccccc1. The standard InChI is InChI=1S/C9H10NO2/c10-9(11)6-7-12-8-4-2-1-3-5-8/h1-5,7H,6H2,(H2,10,11). The second-order valence-electron chi connectivity index (χ2n) is 2.27. The molecule has 2 N–H and O–H groups in total. The summed E-state index contributed by atoms with van der Waals surface area (Å²) in [7, 11) is 0. The maximum atomic E-state index is 10.3. The predicted molar refractivity (Wildman–Crippen MR) is 45.2 cm³/mol. The van der Waals surface area contributed by atoms with Gasteiger partial charge in [0.15, 0.2) is 0 Å². The Morgan fingerprint density at radius 1 is 1.42 bits per heavy atom. The topological polar surface area (TPSA) is 52.3 Å². The molecule has 0 saturated carbocycles. The van der Waals surface area contributed by atoms with Crippen molar-refractivity contribution in [3.8, 4) is 5.75 Å². The Morgan fingerprint density at radius 3 is 2.67 bits per heavy atom. The first-order chi connectivity index (χ1) is 5.79. The second-order valence-corrected chi connectivity index (χ2v) is 2.27. The van der Waals surface area contributed by atoms with E-state index in [4.69, 9.17) is 10.5 Å². The molecule has 0 fully saturated rings. The summed E-state index contributed by atoms with van der Waals surface area (Å²) in [5.41, 5.74) is 4.91. The third-order valence-corrected chi connectivity index (χ3v) is 1.25. The fraction of sp³-hybridized carbons (Fsp3) is 0.111. The summed E-state index contributed by atoms with van der Waals surface area (Å²) >= 11 is 0. The van der Waals surface area contributed by atoms with Crippen molar-refractivity contribution >= 4 is 5.91 Å². The Labute approximate surface area is 71.1 Å². The number of benzene rings is 1. The van der Waals surface area contributed by atoms with Crippen LogP contribution in [0.3, 0.4) is 0 Å². The first kappa shape index (κ1) is 8.59. The number of carbonyl (C=O) groups excluding carboxylic acids is 1.